The number of nitrogens with one attached hydrogen (secondary N) is 2. The molecule has 0 spiro atoms. The summed E-state index contributed by atoms with van der Waals surface area (Å²) in [6.45, 7) is 2.78. The fourth-order valence-corrected chi connectivity index (χ4v) is 4.47. The maximum Gasteiger partial charge on any atom is 0.338 e. The summed E-state index contributed by atoms with van der Waals surface area (Å²) in [4.78, 5) is 36.8. The van der Waals surface area contributed by atoms with E-state index in [1.165, 1.54) is 36.0 Å². The van der Waals surface area contributed by atoms with Gasteiger partial charge in [0.05, 0.1) is 21.4 Å². The van der Waals surface area contributed by atoms with E-state index in [9.17, 15) is 22.8 Å². The van der Waals surface area contributed by atoms with Crippen LogP contribution < -0.4 is 15.8 Å². The van der Waals surface area contributed by atoms with Gasteiger partial charge in [-0.15, -0.1) is 11.8 Å². The van der Waals surface area contributed by atoms with Gasteiger partial charge in [0.1, 0.15) is 0 Å². The van der Waals surface area contributed by atoms with Crippen molar-refractivity contribution < 1.29 is 27.5 Å². The van der Waals surface area contributed by atoms with Crippen molar-refractivity contribution in [3.05, 3.63) is 47.5 Å². The minimum absolute atomic E-state index is 0.111. The maximum absolute atomic E-state index is 12.2. The van der Waals surface area contributed by atoms with Gasteiger partial charge in [0.2, 0.25) is 15.9 Å². The van der Waals surface area contributed by atoms with E-state index in [-0.39, 0.29) is 27.3 Å². The number of rotatable bonds is 5. The molecule has 2 aromatic carbocycles. The monoisotopic (exact) mass is 449 g/mol. The van der Waals surface area contributed by atoms with Gasteiger partial charge in [0.25, 0.3) is 5.91 Å². The van der Waals surface area contributed by atoms with Crippen molar-refractivity contribution in [3.8, 4) is 0 Å². The van der Waals surface area contributed by atoms with Crippen LogP contribution in [0.25, 0.3) is 0 Å². The first-order valence-electron chi connectivity index (χ1n) is 8.76. The molecule has 0 unspecified atom stereocenters. The Hall–Kier alpha value is -2.89. The van der Waals surface area contributed by atoms with E-state index in [1.807, 2.05) is 0 Å². The van der Waals surface area contributed by atoms with Crippen LogP contribution in [0.15, 0.2) is 46.2 Å². The van der Waals surface area contributed by atoms with Crippen LogP contribution in [-0.2, 0) is 24.3 Å². The highest BCUT2D eigenvalue weighted by molar-refractivity contribution is 8.01. The number of hydrogen-bond acceptors (Lipinski definition) is 7. The predicted molar refractivity (Wildman–Crippen MR) is 112 cm³/mol. The predicted octanol–water partition coefficient (Wildman–Crippen LogP) is 1.87. The van der Waals surface area contributed by atoms with Gasteiger partial charge in [-0.2, -0.15) is 0 Å². The van der Waals surface area contributed by atoms with Crippen LogP contribution >= 0.6 is 11.8 Å². The van der Waals surface area contributed by atoms with Crippen LogP contribution in [0.4, 0.5) is 11.4 Å². The molecule has 30 heavy (non-hydrogen) atoms. The number of thioether (sulfide) groups is 1. The Morgan fingerprint density at radius 2 is 1.97 bits per heavy atom. The second kappa shape index (κ2) is 8.46. The summed E-state index contributed by atoms with van der Waals surface area (Å²) in [6.07, 6.45) is 0. The van der Waals surface area contributed by atoms with Gasteiger partial charge in [0.15, 0.2) is 6.61 Å². The molecule has 0 fully saturated rings. The van der Waals surface area contributed by atoms with Gasteiger partial charge in [-0.1, -0.05) is 6.07 Å². The van der Waals surface area contributed by atoms with Crippen molar-refractivity contribution in [1.82, 2.24) is 0 Å². The van der Waals surface area contributed by atoms with Gasteiger partial charge >= 0.3 is 5.97 Å². The molecule has 0 saturated heterocycles. The summed E-state index contributed by atoms with van der Waals surface area (Å²) in [5, 5.41) is 10.1. The number of aryl methyl sites for hydroxylation is 1. The Morgan fingerprint density at radius 3 is 2.67 bits per heavy atom. The molecule has 3 rings (SSSR count). The first-order chi connectivity index (χ1) is 14.0. The van der Waals surface area contributed by atoms with Crippen LogP contribution in [-0.4, -0.2) is 38.1 Å². The third kappa shape index (κ3) is 4.99. The lowest BCUT2D eigenvalue weighted by atomic mass is 10.2. The molecule has 11 heteroatoms. The van der Waals surface area contributed by atoms with Crippen molar-refractivity contribution >= 4 is 50.9 Å². The van der Waals surface area contributed by atoms with Crippen molar-refractivity contribution in [2.24, 2.45) is 5.14 Å². The summed E-state index contributed by atoms with van der Waals surface area (Å²) in [7, 11) is -3.94. The molecule has 0 bridgehead atoms. The Balaban J connectivity index is 1.62. The number of hydrogen-bond donors (Lipinski definition) is 3. The van der Waals surface area contributed by atoms with Crippen LogP contribution in [0.3, 0.4) is 0 Å². The largest absolute Gasteiger partial charge is 0.452 e. The fraction of sp³-hybridized carbons (Fsp3) is 0.211. The molecule has 2 aromatic rings. The Morgan fingerprint density at radius 1 is 1.23 bits per heavy atom. The van der Waals surface area contributed by atoms with Crippen molar-refractivity contribution in [3.63, 3.8) is 0 Å². The highest BCUT2D eigenvalue weighted by atomic mass is 32.2. The van der Waals surface area contributed by atoms with Gasteiger partial charge < -0.3 is 15.4 Å². The zero-order valence-electron chi connectivity index (χ0n) is 16.1. The Bertz CT molecular complexity index is 1150. The van der Waals surface area contributed by atoms with Gasteiger partial charge in [-0.25, -0.2) is 18.4 Å². The molecular weight excluding hydrogens is 430 g/mol. The minimum atomic E-state index is -3.94. The first kappa shape index (κ1) is 21.8. The number of ether oxygens (including phenoxy) is 1. The summed E-state index contributed by atoms with van der Waals surface area (Å²) >= 11 is 1.38. The van der Waals surface area contributed by atoms with E-state index >= 15 is 0 Å². The summed E-state index contributed by atoms with van der Waals surface area (Å²) in [6, 6.07) is 8.98. The van der Waals surface area contributed by atoms with E-state index in [1.54, 1.807) is 26.0 Å². The molecule has 4 N–H and O–H groups in total. The van der Waals surface area contributed by atoms with E-state index in [0.717, 1.165) is 4.90 Å². The van der Waals surface area contributed by atoms with Crippen LogP contribution in [0.2, 0.25) is 0 Å². The molecule has 0 saturated carbocycles. The highest BCUT2D eigenvalue weighted by Gasteiger charge is 2.24. The minimum Gasteiger partial charge on any atom is -0.452 e. The summed E-state index contributed by atoms with van der Waals surface area (Å²) in [5.41, 5.74) is 1.34. The number of carbonyl (C=O) groups excluding carboxylic acids is 3. The lowest BCUT2D eigenvalue weighted by molar-refractivity contribution is -0.119. The number of carbonyl (C=O) groups is 3. The molecule has 0 aliphatic carbocycles. The number of benzene rings is 2. The van der Waals surface area contributed by atoms with Crippen molar-refractivity contribution in [1.29, 1.82) is 0 Å². The number of nitrogens with two attached hydrogens (primary N) is 1. The zero-order valence-corrected chi connectivity index (χ0v) is 17.7. The molecule has 1 heterocycles. The second-order valence-corrected chi connectivity index (χ2v) is 9.52. The number of anilines is 2. The molecule has 9 nitrogen and oxygen atoms in total. The SMILES string of the molecule is Cc1ccc(NC(=O)COC(=O)c2ccc3c(c2)NC(=O)[C@H](C)S3)cc1S(N)(=O)=O. The topological polar surface area (TPSA) is 145 Å². The lowest BCUT2D eigenvalue weighted by Gasteiger charge is -2.21. The van der Waals surface area contributed by atoms with Gasteiger partial charge in [-0.3, -0.25) is 9.59 Å². The molecule has 0 radical (unpaired) electrons. The third-order valence-corrected chi connectivity index (χ3v) is 6.49. The summed E-state index contributed by atoms with van der Waals surface area (Å²) in [5.74, 6) is -1.54. The molecule has 0 aromatic heterocycles. The normalized spacial score (nSPS) is 15.7. The van der Waals surface area contributed by atoms with E-state index in [0.29, 0.717) is 11.3 Å². The highest BCUT2D eigenvalue weighted by Crippen LogP contribution is 2.36. The smallest absolute Gasteiger partial charge is 0.338 e. The van der Waals surface area contributed by atoms with Crippen LogP contribution in [0, 0.1) is 6.92 Å². The van der Waals surface area contributed by atoms with Crippen LogP contribution in [0.1, 0.15) is 22.8 Å². The number of esters is 1. The fourth-order valence-electron chi connectivity index (χ4n) is 2.73. The van der Waals surface area contributed by atoms with Crippen molar-refractivity contribution in [2.75, 3.05) is 17.2 Å². The summed E-state index contributed by atoms with van der Waals surface area (Å²) < 4.78 is 28.2. The molecular formula is C19H19N3O6S2. The molecule has 1 aliphatic rings. The standard InChI is InChI=1S/C19H19N3O6S2/c1-10-3-5-13(8-16(10)30(20,26)27)21-17(23)9-28-19(25)12-4-6-15-14(7-12)22-18(24)11(2)29-15/h3-8,11H,9H2,1-2H3,(H,21,23)(H,22,24)(H2,20,26,27)/t11-/m0/s1. The number of primary sulfonamides is 1. The molecule has 158 valence electrons. The van der Waals surface area contributed by atoms with E-state index < -0.39 is 28.5 Å². The van der Waals surface area contributed by atoms with Gasteiger partial charge in [-0.05, 0) is 49.7 Å². The van der Waals surface area contributed by atoms with E-state index in [2.05, 4.69) is 10.6 Å². The average Bonchev–Trinajstić information content (AvgIpc) is 2.67. The molecule has 1 aliphatic heterocycles. The van der Waals surface area contributed by atoms with Crippen molar-refractivity contribution in [2.45, 2.75) is 28.9 Å². The lowest BCUT2D eigenvalue weighted by Crippen LogP contribution is -2.26. The molecule has 1 atom stereocenters. The van der Waals surface area contributed by atoms with E-state index in [4.69, 9.17) is 9.88 Å². The Kier molecular flexibility index (Phi) is 6.15. The second-order valence-electron chi connectivity index (χ2n) is 6.61. The molecule has 2 amide bonds. The third-order valence-electron chi connectivity index (χ3n) is 4.26. The Labute approximate surface area is 177 Å². The zero-order chi connectivity index (χ0) is 22.1. The number of fused-ring (bicyclic) bond motifs is 1. The first-order valence-corrected chi connectivity index (χ1v) is 11.2. The average molecular weight is 450 g/mol. The quantitative estimate of drug-likeness (QED) is 0.591. The number of amides is 2. The van der Waals surface area contributed by atoms with Gasteiger partial charge in [0, 0.05) is 10.6 Å². The number of sulfonamides is 1. The van der Waals surface area contributed by atoms with Crippen LogP contribution in [0.5, 0.6) is 0 Å². The maximum atomic E-state index is 12.2.